The standard InChI is InChI=1S/C26H23BF2N4O2/c1-26(29)10-2-3-20(28)21(26)23-19-11-16(27)6-9-18(19)22-15(12-30-23)13-31-25(33-22)32-17-7-4-14(5-8-17)24(34)35/h2-8,11,13,18,25,32-33H,9-10,12H2,1H3,(H,34,35). The van der Waals surface area contributed by atoms with E-state index in [1.165, 1.54) is 31.2 Å². The molecule has 2 aliphatic carbocycles. The number of aromatic carboxylic acids is 1. The number of benzene rings is 1. The maximum absolute atomic E-state index is 15.5. The van der Waals surface area contributed by atoms with Crippen LogP contribution in [0.1, 0.15) is 30.1 Å². The highest BCUT2D eigenvalue weighted by molar-refractivity contribution is 6.25. The second-order valence-corrected chi connectivity index (χ2v) is 9.07. The molecule has 2 radical (unpaired) electrons. The number of carboxylic acids is 1. The largest absolute Gasteiger partial charge is 0.478 e. The average molecular weight is 472 g/mol. The van der Waals surface area contributed by atoms with E-state index in [4.69, 9.17) is 13.0 Å². The molecule has 4 aliphatic rings. The first-order valence-electron chi connectivity index (χ1n) is 11.3. The highest BCUT2D eigenvalue weighted by atomic mass is 19.1. The number of nitrogens with one attached hydrogen (secondary N) is 2. The molecule has 9 heteroatoms. The first-order chi connectivity index (χ1) is 16.7. The fraction of sp³-hybridized carbons (Fsp3) is 0.269. The van der Waals surface area contributed by atoms with Crippen LogP contribution in [0.2, 0.25) is 0 Å². The molecule has 176 valence electrons. The molecule has 1 aromatic rings. The van der Waals surface area contributed by atoms with E-state index in [-0.39, 0.29) is 30.0 Å². The summed E-state index contributed by atoms with van der Waals surface area (Å²) in [6.45, 7) is 1.59. The van der Waals surface area contributed by atoms with E-state index in [0.717, 1.165) is 11.3 Å². The van der Waals surface area contributed by atoms with Gasteiger partial charge in [0.1, 0.15) is 19.3 Å². The van der Waals surface area contributed by atoms with Crippen LogP contribution in [0.5, 0.6) is 0 Å². The van der Waals surface area contributed by atoms with Gasteiger partial charge in [-0.2, -0.15) is 0 Å². The lowest BCUT2D eigenvalue weighted by atomic mass is 9.74. The number of aliphatic imine (C=N–C) groups is 2. The Morgan fingerprint density at radius 1 is 1.31 bits per heavy atom. The predicted molar refractivity (Wildman–Crippen MR) is 133 cm³/mol. The highest BCUT2D eigenvalue weighted by Gasteiger charge is 2.41. The number of nitrogens with zero attached hydrogens (tertiary/aromatic N) is 2. The summed E-state index contributed by atoms with van der Waals surface area (Å²) in [5, 5.41) is 15.7. The number of hydrogen-bond donors (Lipinski definition) is 3. The summed E-state index contributed by atoms with van der Waals surface area (Å²) in [5.74, 6) is -1.85. The van der Waals surface area contributed by atoms with Crippen molar-refractivity contribution in [2.45, 2.75) is 31.7 Å². The highest BCUT2D eigenvalue weighted by Crippen LogP contribution is 2.42. The Bertz CT molecular complexity index is 1300. The van der Waals surface area contributed by atoms with Gasteiger partial charge < -0.3 is 15.7 Å². The van der Waals surface area contributed by atoms with Gasteiger partial charge in [-0.05, 0) is 49.3 Å². The lowest BCUT2D eigenvalue weighted by Gasteiger charge is -2.34. The number of anilines is 1. The van der Waals surface area contributed by atoms with Crippen molar-refractivity contribution in [2.75, 3.05) is 11.9 Å². The number of allylic oxidation sites excluding steroid dienone is 8. The van der Waals surface area contributed by atoms with Gasteiger partial charge >= 0.3 is 5.97 Å². The molecule has 0 aromatic heterocycles. The normalized spacial score (nSPS) is 27.7. The predicted octanol–water partition coefficient (Wildman–Crippen LogP) is 4.37. The minimum absolute atomic E-state index is 0.0454. The summed E-state index contributed by atoms with van der Waals surface area (Å²) >= 11 is 0. The topological polar surface area (TPSA) is 86.1 Å². The molecule has 0 spiro atoms. The van der Waals surface area contributed by atoms with E-state index in [9.17, 15) is 9.18 Å². The van der Waals surface area contributed by atoms with Crippen molar-refractivity contribution in [3.63, 3.8) is 0 Å². The van der Waals surface area contributed by atoms with Gasteiger partial charge in [-0.3, -0.25) is 4.99 Å². The van der Waals surface area contributed by atoms with Gasteiger partial charge in [-0.1, -0.05) is 18.2 Å². The summed E-state index contributed by atoms with van der Waals surface area (Å²) in [6, 6.07) is 6.36. The fourth-order valence-electron chi connectivity index (χ4n) is 4.79. The van der Waals surface area contributed by atoms with Crippen molar-refractivity contribution >= 4 is 31.4 Å². The van der Waals surface area contributed by atoms with Crippen molar-refractivity contribution < 1.29 is 18.7 Å². The molecule has 2 aliphatic heterocycles. The zero-order valence-corrected chi connectivity index (χ0v) is 19.1. The van der Waals surface area contributed by atoms with Crippen molar-refractivity contribution in [3.8, 4) is 0 Å². The molecule has 0 bridgehead atoms. The molecular formula is C26H23BF2N4O2. The van der Waals surface area contributed by atoms with Gasteiger partial charge in [0.2, 0.25) is 0 Å². The Hall–Kier alpha value is -3.75. The van der Waals surface area contributed by atoms with E-state index in [1.807, 2.05) is 6.08 Å². The summed E-state index contributed by atoms with van der Waals surface area (Å²) < 4.78 is 30.5. The molecule has 5 rings (SSSR count). The Balaban J connectivity index is 1.45. The van der Waals surface area contributed by atoms with Gasteiger partial charge in [0.05, 0.1) is 23.4 Å². The van der Waals surface area contributed by atoms with Crippen LogP contribution in [0, 0.1) is 5.92 Å². The molecule has 6 nitrogen and oxygen atoms in total. The van der Waals surface area contributed by atoms with Gasteiger partial charge in [-0.15, -0.1) is 5.47 Å². The van der Waals surface area contributed by atoms with Gasteiger partial charge in [-0.25, -0.2) is 18.6 Å². The molecule has 3 unspecified atom stereocenters. The maximum atomic E-state index is 15.5. The number of rotatable bonds is 4. The second kappa shape index (κ2) is 8.80. The van der Waals surface area contributed by atoms with Crippen molar-refractivity contribution in [1.82, 2.24) is 5.32 Å². The zero-order chi connectivity index (χ0) is 24.7. The van der Waals surface area contributed by atoms with Crippen LogP contribution in [0.15, 0.2) is 92.3 Å². The summed E-state index contributed by atoms with van der Waals surface area (Å²) in [5.41, 5.74) is 2.14. The SMILES string of the molecule is [B]C1=CCC2C(=C1)C(C1=C(F)C=CCC1(C)F)=NCC1=C2NC(Nc2ccc(C(=O)O)cc2)N=C1. The third-order valence-corrected chi connectivity index (χ3v) is 6.53. The number of fused-ring (bicyclic) bond motifs is 2. The van der Waals surface area contributed by atoms with E-state index >= 15 is 4.39 Å². The molecule has 3 atom stereocenters. The molecule has 0 saturated heterocycles. The minimum atomic E-state index is -1.89. The van der Waals surface area contributed by atoms with Crippen LogP contribution in [0.4, 0.5) is 14.5 Å². The summed E-state index contributed by atoms with van der Waals surface area (Å²) in [4.78, 5) is 20.3. The van der Waals surface area contributed by atoms with E-state index in [0.29, 0.717) is 28.9 Å². The Morgan fingerprint density at radius 2 is 2.09 bits per heavy atom. The Morgan fingerprint density at radius 3 is 2.80 bits per heavy atom. The number of alkyl halides is 1. The van der Waals surface area contributed by atoms with E-state index < -0.39 is 23.8 Å². The number of carboxylic acid groups (broad SMARTS) is 1. The monoisotopic (exact) mass is 472 g/mol. The Kier molecular flexibility index (Phi) is 5.79. The smallest absolute Gasteiger partial charge is 0.335 e. The first-order valence-corrected chi connectivity index (χ1v) is 11.3. The number of carbonyl (C=O) groups is 1. The lowest BCUT2D eigenvalue weighted by molar-refractivity contribution is 0.0697. The fourth-order valence-corrected chi connectivity index (χ4v) is 4.79. The van der Waals surface area contributed by atoms with Gasteiger partial charge in [0.25, 0.3) is 0 Å². The van der Waals surface area contributed by atoms with Crippen LogP contribution in [-0.2, 0) is 0 Å². The molecule has 1 aromatic carbocycles. The molecular weight excluding hydrogens is 449 g/mol. The third-order valence-electron chi connectivity index (χ3n) is 6.53. The lowest BCUT2D eigenvalue weighted by Crippen LogP contribution is -2.41. The maximum Gasteiger partial charge on any atom is 0.335 e. The van der Waals surface area contributed by atoms with Crippen molar-refractivity contribution in [3.05, 3.63) is 87.8 Å². The molecule has 3 N–H and O–H groups in total. The van der Waals surface area contributed by atoms with Crippen LogP contribution < -0.4 is 10.6 Å². The molecule has 2 heterocycles. The van der Waals surface area contributed by atoms with Crippen LogP contribution >= 0.6 is 0 Å². The minimum Gasteiger partial charge on any atom is -0.478 e. The molecule has 0 amide bonds. The van der Waals surface area contributed by atoms with E-state index in [1.54, 1.807) is 24.4 Å². The van der Waals surface area contributed by atoms with Gasteiger partial charge in [0, 0.05) is 35.5 Å². The van der Waals surface area contributed by atoms with Crippen LogP contribution in [0.3, 0.4) is 0 Å². The summed E-state index contributed by atoms with van der Waals surface area (Å²) in [6.07, 6.45) is 8.25. The molecule has 0 fully saturated rings. The van der Waals surface area contributed by atoms with Crippen molar-refractivity contribution in [1.29, 1.82) is 0 Å². The zero-order valence-electron chi connectivity index (χ0n) is 19.1. The molecule has 0 saturated carbocycles. The number of halogens is 2. The third kappa shape index (κ3) is 4.38. The van der Waals surface area contributed by atoms with Crippen LogP contribution in [0.25, 0.3) is 0 Å². The quantitative estimate of drug-likeness (QED) is 0.569. The Labute approximate surface area is 203 Å². The van der Waals surface area contributed by atoms with E-state index in [2.05, 4.69) is 20.6 Å². The van der Waals surface area contributed by atoms with Crippen LogP contribution in [-0.4, -0.2) is 49.4 Å². The first kappa shape index (κ1) is 23.0. The average Bonchev–Trinajstić information content (AvgIpc) is 2.96. The molecule has 35 heavy (non-hydrogen) atoms. The van der Waals surface area contributed by atoms with Gasteiger partial charge in [0.15, 0.2) is 6.29 Å². The number of hydrogen-bond acceptors (Lipinski definition) is 5. The second-order valence-electron chi connectivity index (χ2n) is 9.07. The van der Waals surface area contributed by atoms with Crippen molar-refractivity contribution in [2.24, 2.45) is 15.9 Å². The summed E-state index contributed by atoms with van der Waals surface area (Å²) in [7, 11) is 6.11.